The number of hydrogen-bond donors (Lipinski definition) is 1. The van der Waals surface area contributed by atoms with Crippen molar-refractivity contribution in [2.75, 3.05) is 5.32 Å². The zero-order valence-corrected chi connectivity index (χ0v) is 11.7. The largest absolute Gasteiger partial charge is 0.323 e. The third-order valence-electron chi connectivity index (χ3n) is 3.16. The number of carbonyl (C=O) groups is 1. The smallest absolute Gasteiger partial charge is 0.247 e. The number of rotatable bonds is 5. The fraction of sp³-hybridized carbons (Fsp3) is 0.167. The summed E-state index contributed by atoms with van der Waals surface area (Å²) in [4.78, 5) is 11.2. The fourth-order valence-electron chi connectivity index (χ4n) is 2.09. The van der Waals surface area contributed by atoms with Gasteiger partial charge in [0.25, 0.3) is 0 Å². The third-order valence-corrected chi connectivity index (χ3v) is 3.16. The Kier molecular flexibility index (Phi) is 4.72. The molecule has 0 atom stereocenters. The number of hydrogen-bond acceptors (Lipinski definition) is 1. The molecule has 102 valence electrons. The van der Waals surface area contributed by atoms with Gasteiger partial charge in [-0.25, -0.2) is 0 Å². The van der Waals surface area contributed by atoms with Crippen LogP contribution in [0.5, 0.6) is 0 Å². The Bertz CT molecular complexity index is 582. The fourth-order valence-corrected chi connectivity index (χ4v) is 2.09. The van der Waals surface area contributed by atoms with Crippen LogP contribution in [0.15, 0.2) is 61.2 Å². The van der Waals surface area contributed by atoms with Gasteiger partial charge in [0.2, 0.25) is 5.91 Å². The quantitative estimate of drug-likeness (QED) is 0.796. The predicted octanol–water partition coefficient (Wildman–Crippen LogP) is 4.43. The molecule has 2 aromatic carbocycles. The molecule has 0 saturated carbocycles. The van der Waals surface area contributed by atoms with Crippen molar-refractivity contribution in [1.82, 2.24) is 0 Å². The van der Waals surface area contributed by atoms with Crippen molar-refractivity contribution in [2.45, 2.75) is 19.8 Å². The molecule has 2 rings (SSSR count). The molecule has 0 aliphatic carbocycles. The summed E-state index contributed by atoms with van der Waals surface area (Å²) in [5.41, 5.74) is 4.48. The van der Waals surface area contributed by atoms with E-state index in [1.807, 2.05) is 24.3 Å². The lowest BCUT2D eigenvalue weighted by Gasteiger charge is -2.06. The number of anilines is 1. The summed E-state index contributed by atoms with van der Waals surface area (Å²) < 4.78 is 0. The van der Waals surface area contributed by atoms with Crippen molar-refractivity contribution in [3.8, 4) is 11.1 Å². The SMILES string of the molecule is C=CC(=O)Nc1ccc(-c2ccc(CCC)cc2)cc1. The average molecular weight is 265 g/mol. The first-order valence-corrected chi connectivity index (χ1v) is 6.85. The molecule has 0 saturated heterocycles. The van der Waals surface area contributed by atoms with Crippen LogP contribution in [0.3, 0.4) is 0 Å². The van der Waals surface area contributed by atoms with Gasteiger partial charge in [-0.1, -0.05) is 56.3 Å². The van der Waals surface area contributed by atoms with E-state index in [1.165, 1.54) is 17.2 Å². The molecular formula is C18H19NO. The Morgan fingerprint density at radius 2 is 1.60 bits per heavy atom. The van der Waals surface area contributed by atoms with Gasteiger partial charge in [-0.2, -0.15) is 0 Å². The minimum Gasteiger partial charge on any atom is -0.323 e. The van der Waals surface area contributed by atoms with Gasteiger partial charge in [0, 0.05) is 5.69 Å². The number of amides is 1. The van der Waals surface area contributed by atoms with Gasteiger partial charge in [0.1, 0.15) is 0 Å². The first kappa shape index (κ1) is 14.1. The molecule has 0 bridgehead atoms. The van der Waals surface area contributed by atoms with E-state index in [-0.39, 0.29) is 5.91 Å². The molecule has 1 N–H and O–H groups in total. The zero-order valence-electron chi connectivity index (χ0n) is 11.7. The van der Waals surface area contributed by atoms with Crippen LogP contribution in [0.2, 0.25) is 0 Å². The van der Waals surface area contributed by atoms with Crippen molar-refractivity contribution in [3.63, 3.8) is 0 Å². The Balaban J connectivity index is 2.12. The van der Waals surface area contributed by atoms with Crippen molar-refractivity contribution >= 4 is 11.6 Å². The maximum absolute atomic E-state index is 11.2. The van der Waals surface area contributed by atoms with Crippen LogP contribution in [0, 0.1) is 0 Å². The van der Waals surface area contributed by atoms with E-state index >= 15 is 0 Å². The first-order chi connectivity index (χ1) is 9.72. The lowest BCUT2D eigenvalue weighted by atomic mass is 10.0. The highest BCUT2D eigenvalue weighted by atomic mass is 16.1. The molecule has 2 heteroatoms. The number of carbonyl (C=O) groups excluding carboxylic acids is 1. The minimum absolute atomic E-state index is 0.193. The van der Waals surface area contributed by atoms with Crippen molar-refractivity contribution in [3.05, 3.63) is 66.7 Å². The van der Waals surface area contributed by atoms with Gasteiger partial charge in [0.15, 0.2) is 0 Å². The van der Waals surface area contributed by atoms with Crippen LogP contribution in [-0.4, -0.2) is 5.91 Å². The second-order valence-electron chi connectivity index (χ2n) is 4.72. The molecule has 2 nitrogen and oxygen atoms in total. The normalized spacial score (nSPS) is 10.1. The van der Waals surface area contributed by atoms with E-state index in [9.17, 15) is 4.79 Å². The molecular weight excluding hydrogens is 246 g/mol. The van der Waals surface area contributed by atoms with Gasteiger partial charge in [0.05, 0.1) is 0 Å². The highest BCUT2D eigenvalue weighted by molar-refractivity contribution is 5.98. The van der Waals surface area contributed by atoms with E-state index < -0.39 is 0 Å². The molecule has 0 aliphatic heterocycles. The first-order valence-electron chi connectivity index (χ1n) is 6.85. The maximum atomic E-state index is 11.2. The summed E-state index contributed by atoms with van der Waals surface area (Å²) in [6, 6.07) is 16.4. The highest BCUT2D eigenvalue weighted by Gasteiger charge is 2.00. The van der Waals surface area contributed by atoms with Crippen molar-refractivity contribution < 1.29 is 4.79 Å². The van der Waals surface area contributed by atoms with E-state index in [0.29, 0.717) is 0 Å². The molecule has 2 aromatic rings. The van der Waals surface area contributed by atoms with Gasteiger partial charge in [-0.15, -0.1) is 0 Å². The molecule has 20 heavy (non-hydrogen) atoms. The maximum Gasteiger partial charge on any atom is 0.247 e. The Morgan fingerprint density at radius 3 is 2.10 bits per heavy atom. The van der Waals surface area contributed by atoms with Crippen molar-refractivity contribution in [1.29, 1.82) is 0 Å². The molecule has 0 unspecified atom stereocenters. The number of nitrogens with one attached hydrogen (secondary N) is 1. The van der Waals surface area contributed by atoms with Crippen LogP contribution in [-0.2, 0) is 11.2 Å². The highest BCUT2D eigenvalue weighted by Crippen LogP contribution is 2.22. The lowest BCUT2D eigenvalue weighted by molar-refractivity contribution is -0.111. The van der Waals surface area contributed by atoms with Crippen LogP contribution in [0.1, 0.15) is 18.9 Å². The summed E-state index contributed by atoms with van der Waals surface area (Å²) in [6.45, 7) is 5.62. The Labute approximate surface area is 120 Å². The number of aryl methyl sites for hydroxylation is 1. The number of benzene rings is 2. The standard InChI is InChI=1S/C18H19NO/c1-3-5-14-6-8-15(9-7-14)16-10-12-17(13-11-16)19-18(20)4-2/h4,6-13H,2-3,5H2,1H3,(H,19,20). The second-order valence-corrected chi connectivity index (χ2v) is 4.72. The molecule has 0 aromatic heterocycles. The van der Waals surface area contributed by atoms with E-state index in [4.69, 9.17) is 0 Å². The summed E-state index contributed by atoms with van der Waals surface area (Å²) in [5, 5.41) is 2.74. The van der Waals surface area contributed by atoms with Crippen LogP contribution in [0.25, 0.3) is 11.1 Å². The van der Waals surface area contributed by atoms with E-state index in [1.54, 1.807) is 0 Å². The van der Waals surface area contributed by atoms with Gasteiger partial charge >= 0.3 is 0 Å². The van der Waals surface area contributed by atoms with Crippen LogP contribution < -0.4 is 5.32 Å². The second kappa shape index (κ2) is 6.71. The minimum atomic E-state index is -0.193. The Morgan fingerprint density at radius 1 is 1.05 bits per heavy atom. The molecule has 0 radical (unpaired) electrons. The topological polar surface area (TPSA) is 29.1 Å². The van der Waals surface area contributed by atoms with E-state index in [2.05, 4.69) is 43.1 Å². The van der Waals surface area contributed by atoms with Crippen LogP contribution >= 0.6 is 0 Å². The molecule has 0 heterocycles. The summed E-state index contributed by atoms with van der Waals surface area (Å²) in [7, 11) is 0. The lowest BCUT2D eigenvalue weighted by Crippen LogP contribution is -2.06. The molecule has 0 fully saturated rings. The van der Waals surface area contributed by atoms with Gasteiger partial charge < -0.3 is 5.32 Å². The molecule has 0 spiro atoms. The van der Waals surface area contributed by atoms with Crippen LogP contribution in [0.4, 0.5) is 5.69 Å². The van der Waals surface area contributed by atoms with Crippen molar-refractivity contribution in [2.24, 2.45) is 0 Å². The summed E-state index contributed by atoms with van der Waals surface area (Å²) in [6.07, 6.45) is 3.55. The Hall–Kier alpha value is -2.35. The van der Waals surface area contributed by atoms with Gasteiger partial charge in [-0.3, -0.25) is 4.79 Å². The van der Waals surface area contributed by atoms with Gasteiger partial charge in [-0.05, 0) is 41.3 Å². The molecule has 1 amide bonds. The monoisotopic (exact) mass is 265 g/mol. The summed E-state index contributed by atoms with van der Waals surface area (Å²) >= 11 is 0. The van der Waals surface area contributed by atoms with E-state index in [0.717, 1.165) is 24.1 Å². The predicted molar refractivity (Wildman–Crippen MR) is 84.7 cm³/mol. The average Bonchev–Trinajstić information content (AvgIpc) is 2.49. The molecule has 0 aliphatic rings. The summed E-state index contributed by atoms with van der Waals surface area (Å²) in [5.74, 6) is -0.193. The zero-order chi connectivity index (χ0) is 14.4. The third kappa shape index (κ3) is 3.58.